The lowest BCUT2D eigenvalue weighted by Crippen LogP contribution is -2.30. The number of rotatable bonds is 5. The molecule has 0 heterocycles. The van der Waals surface area contributed by atoms with Gasteiger partial charge < -0.3 is 14.8 Å². The first kappa shape index (κ1) is 16.5. The number of amides is 1. The van der Waals surface area contributed by atoms with Gasteiger partial charge in [0.1, 0.15) is 0 Å². The van der Waals surface area contributed by atoms with Crippen LogP contribution >= 0.6 is 23.2 Å². The minimum absolute atomic E-state index is 0.324. The van der Waals surface area contributed by atoms with Crippen molar-refractivity contribution in [3.63, 3.8) is 0 Å². The van der Waals surface area contributed by atoms with Crippen molar-refractivity contribution in [2.24, 2.45) is 0 Å². The van der Waals surface area contributed by atoms with E-state index in [2.05, 4.69) is 5.32 Å². The molecule has 0 fully saturated rings. The summed E-state index contributed by atoms with van der Waals surface area (Å²) >= 11 is 11.8. The molecule has 2 aromatic rings. The third-order valence-electron chi connectivity index (χ3n) is 2.93. The Morgan fingerprint density at radius 3 is 2.45 bits per heavy atom. The molecule has 2 aromatic carbocycles. The Labute approximate surface area is 138 Å². The molecule has 0 aliphatic heterocycles. The molecule has 4 nitrogen and oxygen atoms in total. The number of halogens is 2. The van der Waals surface area contributed by atoms with Crippen LogP contribution in [0.15, 0.2) is 42.5 Å². The van der Waals surface area contributed by atoms with Gasteiger partial charge in [0.15, 0.2) is 17.6 Å². The maximum Gasteiger partial charge on any atom is 0.265 e. The number of benzene rings is 2. The Balaban J connectivity index is 2.06. The fourth-order valence-corrected chi connectivity index (χ4v) is 2.24. The summed E-state index contributed by atoms with van der Waals surface area (Å²) in [5.74, 6) is 0.733. The topological polar surface area (TPSA) is 47.6 Å². The first-order chi connectivity index (χ1) is 10.5. The maximum atomic E-state index is 12.2. The minimum Gasteiger partial charge on any atom is -0.493 e. The van der Waals surface area contributed by atoms with Gasteiger partial charge in [0.2, 0.25) is 0 Å². The van der Waals surface area contributed by atoms with Gasteiger partial charge in [0.05, 0.1) is 17.8 Å². The number of methoxy groups -OCH3 is 1. The molecule has 0 aliphatic carbocycles. The van der Waals surface area contributed by atoms with E-state index in [1.165, 1.54) is 0 Å². The highest BCUT2D eigenvalue weighted by Gasteiger charge is 2.17. The van der Waals surface area contributed by atoms with E-state index in [1.54, 1.807) is 50.4 Å². The predicted molar refractivity (Wildman–Crippen MR) is 88.2 cm³/mol. The average Bonchev–Trinajstić information content (AvgIpc) is 2.50. The molecule has 0 unspecified atom stereocenters. The Morgan fingerprint density at radius 2 is 1.82 bits per heavy atom. The van der Waals surface area contributed by atoms with Crippen LogP contribution < -0.4 is 14.8 Å². The van der Waals surface area contributed by atoms with Crippen molar-refractivity contribution in [1.29, 1.82) is 0 Å². The highest BCUT2D eigenvalue weighted by molar-refractivity contribution is 6.36. The minimum atomic E-state index is -0.719. The largest absolute Gasteiger partial charge is 0.493 e. The van der Waals surface area contributed by atoms with Gasteiger partial charge in [0.25, 0.3) is 5.91 Å². The third kappa shape index (κ3) is 4.06. The number of ether oxygens (including phenoxy) is 2. The predicted octanol–water partition coefficient (Wildman–Crippen LogP) is 4.41. The molecule has 0 bridgehead atoms. The molecule has 22 heavy (non-hydrogen) atoms. The van der Waals surface area contributed by atoms with Crippen molar-refractivity contribution in [3.05, 3.63) is 52.5 Å². The van der Waals surface area contributed by atoms with Crippen LogP contribution in [0.2, 0.25) is 10.0 Å². The molecular weight excluding hydrogens is 325 g/mol. The van der Waals surface area contributed by atoms with Crippen LogP contribution in [-0.2, 0) is 4.79 Å². The maximum absolute atomic E-state index is 12.2. The molecule has 0 aliphatic rings. The van der Waals surface area contributed by atoms with Crippen LogP contribution in [0, 0.1) is 0 Å². The number of nitrogens with one attached hydrogen (secondary N) is 1. The normalized spacial score (nSPS) is 11.6. The van der Waals surface area contributed by atoms with E-state index in [9.17, 15) is 4.79 Å². The lowest BCUT2D eigenvalue weighted by Gasteiger charge is -2.17. The number of para-hydroxylation sites is 2. The van der Waals surface area contributed by atoms with Crippen molar-refractivity contribution >= 4 is 34.8 Å². The van der Waals surface area contributed by atoms with Crippen LogP contribution in [0.1, 0.15) is 6.92 Å². The van der Waals surface area contributed by atoms with Gasteiger partial charge in [0, 0.05) is 5.02 Å². The Kier molecular flexibility index (Phi) is 5.52. The molecule has 1 atom stereocenters. The second kappa shape index (κ2) is 7.38. The number of hydrogen-bond donors (Lipinski definition) is 1. The summed E-state index contributed by atoms with van der Waals surface area (Å²) in [7, 11) is 1.54. The number of carbonyl (C=O) groups excluding carboxylic acids is 1. The zero-order chi connectivity index (χ0) is 16.1. The monoisotopic (exact) mass is 339 g/mol. The summed E-state index contributed by atoms with van der Waals surface area (Å²) in [4.78, 5) is 12.2. The zero-order valence-electron chi connectivity index (χ0n) is 12.1. The zero-order valence-corrected chi connectivity index (χ0v) is 13.6. The van der Waals surface area contributed by atoms with Crippen molar-refractivity contribution in [3.8, 4) is 11.5 Å². The molecule has 116 valence electrons. The van der Waals surface area contributed by atoms with Gasteiger partial charge in [-0.05, 0) is 37.3 Å². The summed E-state index contributed by atoms with van der Waals surface area (Å²) < 4.78 is 10.8. The Bertz CT molecular complexity index is 676. The smallest absolute Gasteiger partial charge is 0.265 e. The second-order valence-electron chi connectivity index (χ2n) is 4.52. The van der Waals surface area contributed by atoms with Gasteiger partial charge >= 0.3 is 0 Å². The van der Waals surface area contributed by atoms with E-state index in [1.807, 2.05) is 6.07 Å². The Hall–Kier alpha value is -1.91. The highest BCUT2D eigenvalue weighted by Crippen LogP contribution is 2.28. The second-order valence-corrected chi connectivity index (χ2v) is 5.37. The number of carbonyl (C=O) groups is 1. The number of anilines is 1. The quantitative estimate of drug-likeness (QED) is 0.877. The standard InChI is InChI=1S/C16H15Cl2NO3/c1-10(22-15-6-4-3-5-14(15)21-2)16(20)19-13-8-7-11(17)9-12(13)18/h3-10H,1-2H3,(H,19,20)/t10-/m0/s1. The summed E-state index contributed by atoms with van der Waals surface area (Å²) in [5.41, 5.74) is 0.478. The van der Waals surface area contributed by atoms with Crippen LogP contribution in [0.5, 0.6) is 11.5 Å². The highest BCUT2D eigenvalue weighted by atomic mass is 35.5. The van der Waals surface area contributed by atoms with Gasteiger partial charge in [-0.2, -0.15) is 0 Å². The van der Waals surface area contributed by atoms with E-state index >= 15 is 0 Å². The fraction of sp³-hybridized carbons (Fsp3) is 0.188. The van der Waals surface area contributed by atoms with Crippen molar-refractivity contribution in [2.45, 2.75) is 13.0 Å². The van der Waals surface area contributed by atoms with Gasteiger partial charge in [-0.3, -0.25) is 4.79 Å². The third-order valence-corrected chi connectivity index (χ3v) is 3.48. The van der Waals surface area contributed by atoms with Crippen LogP contribution in [-0.4, -0.2) is 19.1 Å². The van der Waals surface area contributed by atoms with Crippen molar-refractivity contribution in [1.82, 2.24) is 0 Å². The first-order valence-electron chi connectivity index (χ1n) is 6.57. The molecule has 0 spiro atoms. The van der Waals surface area contributed by atoms with Crippen LogP contribution in [0.4, 0.5) is 5.69 Å². The lowest BCUT2D eigenvalue weighted by atomic mass is 10.3. The first-order valence-corrected chi connectivity index (χ1v) is 7.32. The summed E-state index contributed by atoms with van der Waals surface area (Å²) in [6.07, 6.45) is -0.719. The van der Waals surface area contributed by atoms with Crippen LogP contribution in [0.3, 0.4) is 0 Å². The molecule has 1 N–H and O–H groups in total. The average molecular weight is 340 g/mol. The SMILES string of the molecule is COc1ccccc1O[C@@H](C)C(=O)Nc1ccc(Cl)cc1Cl. The summed E-state index contributed by atoms with van der Waals surface area (Å²) in [6, 6.07) is 12.0. The van der Waals surface area contributed by atoms with Gasteiger partial charge in [-0.1, -0.05) is 35.3 Å². The van der Waals surface area contributed by atoms with Gasteiger partial charge in [-0.15, -0.1) is 0 Å². The van der Waals surface area contributed by atoms with Crippen LogP contribution in [0.25, 0.3) is 0 Å². The lowest BCUT2D eigenvalue weighted by molar-refractivity contribution is -0.122. The van der Waals surface area contributed by atoms with Gasteiger partial charge in [-0.25, -0.2) is 0 Å². The van der Waals surface area contributed by atoms with E-state index in [-0.39, 0.29) is 5.91 Å². The molecule has 6 heteroatoms. The number of hydrogen-bond acceptors (Lipinski definition) is 3. The van der Waals surface area contributed by atoms with Crippen molar-refractivity contribution in [2.75, 3.05) is 12.4 Å². The molecule has 0 saturated carbocycles. The molecule has 0 aromatic heterocycles. The summed E-state index contributed by atoms with van der Waals surface area (Å²) in [6.45, 7) is 1.64. The molecule has 0 radical (unpaired) electrons. The molecule has 0 saturated heterocycles. The fourth-order valence-electron chi connectivity index (χ4n) is 1.79. The molecule has 2 rings (SSSR count). The van der Waals surface area contributed by atoms with E-state index in [0.717, 1.165) is 0 Å². The summed E-state index contributed by atoms with van der Waals surface area (Å²) in [5, 5.41) is 3.57. The van der Waals surface area contributed by atoms with Crippen molar-refractivity contribution < 1.29 is 14.3 Å². The molecular formula is C16H15Cl2NO3. The van der Waals surface area contributed by atoms with E-state index in [0.29, 0.717) is 27.2 Å². The molecule has 1 amide bonds. The Morgan fingerprint density at radius 1 is 1.14 bits per heavy atom. The van der Waals surface area contributed by atoms with E-state index < -0.39 is 6.10 Å². The van der Waals surface area contributed by atoms with E-state index in [4.69, 9.17) is 32.7 Å².